The highest BCUT2D eigenvalue weighted by atomic mass is 19.4. The third kappa shape index (κ3) is 3.62. The normalized spacial score (nSPS) is 19.2. The summed E-state index contributed by atoms with van der Waals surface area (Å²) in [7, 11) is 0. The van der Waals surface area contributed by atoms with Gasteiger partial charge in [0.15, 0.2) is 11.5 Å². The number of nitrogens with zero attached hydrogens (tertiary/aromatic N) is 3. The van der Waals surface area contributed by atoms with Crippen molar-refractivity contribution < 1.29 is 27.5 Å². The van der Waals surface area contributed by atoms with Crippen molar-refractivity contribution in [2.45, 2.75) is 38.0 Å². The van der Waals surface area contributed by atoms with Gasteiger partial charge in [0.05, 0.1) is 17.2 Å². The summed E-state index contributed by atoms with van der Waals surface area (Å²) in [6, 6.07) is 4.27. The zero-order valence-electron chi connectivity index (χ0n) is 16.0. The Labute approximate surface area is 168 Å². The lowest BCUT2D eigenvalue weighted by molar-refractivity contribution is -0.148. The molecular weight excluding hydrogens is 404 g/mol. The van der Waals surface area contributed by atoms with Crippen LogP contribution in [-0.2, 0) is 5.60 Å². The number of fused-ring (bicyclic) bond motifs is 1. The van der Waals surface area contributed by atoms with Crippen molar-refractivity contribution in [3.8, 4) is 0 Å². The molecule has 0 aliphatic heterocycles. The van der Waals surface area contributed by atoms with E-state index in [1.54, 1.807) is 0 Å². The molecule has 3 heterocycles. The van der Waals surface area contributed by atoms with Gasteiger partial charge in [-0.05, 0) is 32.4 Å². The number of imidazole rings is 1. The van der Waals surface area contributed by atoms with Crippen LogP contribution in [0.2, 0.25) is 0 Å². The smallest absolute Gasteiger partial charge is 0.386 e. The zero-order chi connectivity index (χ0) is 21.8. The Morgan fingerprint density at radius 3 is 2.67 bits per heavy atom. The van der Waals surface area contributed by atoms with Gasteiger partial charge in [0, 0.05) is 35.8 Å². The molecule has 0 radical (unpaired) electrons. The van der Waals surface area contributed by atoms with Gasteiger partial charge in [-0.15, -0.1) is 0 Å². The Kier molecular flexibility index (Phi) is 4.57. The highest BCUT2D eigenvalue weighted by molar-refractivity contribution is 6.03. The molecule has 6 nitrogen and oxygen atoms in total. The van der Waals surface area contributed by atoms with E-state index in [1.165, 1.54) is 55.0 Å². The minimum absolute atomic E-state index is 0.00212. The Morgan fingerprint density at radius 1 is 1.30 bits per heavy atom. The first-order valence-corrected chi connectivity index (χ1v) is 9.20. The SMILES string of the molecule is CC(C)(O)c1c(NC(=O)c2cccc(C3CC3C(F)(F)F)n2)cn2ccnc2c1F. The number of amides is 1. The number of pyridine rings is 2. The molecule has 1 fully saturated rings. The van der Waals surface area contributed by atoms with Crippen LogP contribution in [0.4, 0.5) is 23.2 Å². The maximum Gasteiger partial charge on any atom is 0.392 e. The minimum atomic E-state index is -4.30. The molecule has 3 aromatic heterocycles. The number of rotatable bonds is 4. The minimum Gasteiger partial charge on any atom is -0.386 e. The number of hydrogen-bond acceptors (Lipinski definition) is 4. The summed E-state index contributed by atoms with van der Waals surface area (Å²) in [5, 5.41) is 12.9. The fourth-order valence-corrected chi connectivity index (χ4v) is 3.57. The summed E-state index contributed by atoms with van der Waals surface area (Å²) >= 11 is 0. The second kappa shape index (κ2) is 6.76. The predicted molar refractivity (Wildman–Crippen MR) is 99.5 cm³/mol. The average molecular weight is 422 g/mol. The van der Waals surface area contributed by atoms with Gasteiger partial charge in [-0.1, -0.05) is 6.07 Å². The number of carbonyl (C=O) groups excluding carboxylic acids is 1. The van der Waals surface area contributed by atoms with Crippen LogP contribution in [0.5, 0.6) is 0 Å². The van der Waals surface area contributed by atoms with Crippen molar-refractivity contribution in [1.29, 1.82) is 0 Å². The lowest BCUT2D eigenvalue weighted by Crippen LogP contribution is -2.24. The monoisotopic (exact) mass is 422 g/mol. The van der Waals surface area contributed by atoms with E-state index in [9.17, 15) is 27.5 Å². The molecule has 2 atom stereocenters. The molecule has 2 unspecified atom stereocenters. The largest absolute Gasteiger partial charge is 0.392 e. The highest BCUT2D eigenvalue weighted by Crippen LogP contribution is 2.55. The van der Waals surface area contributed by atoms with E-state index >= 15 is 0 Å². The van der Waals surface area contributed by atoms with Crippen LogP contribution in [0.3, 0.4) is 0 Å². The first-order valence-electron chi connectivity index (χ1n) is 9.20. The van der Waals surface area contributed by atoms with Gasteiger partial charge in [0.1, 0.15) is 5.69 Å². The Balaban J connectivity index is 1.65. The number of nitrogens with one attached hydrogen (secondary N) is 1. The maximum atomic E-state index is 14.9. The molecule has 0 aromatic carbocycles. The Hall–Kier alpha value is -3.01. The van der Waals surface area contributed by atoms with Crippen LogP contribution in [0.1, 0.15) is 47.9 Å². The third-order valence-electron chi connectivity index (χ3n) is 5.08. The summed E-state index contributed by atoms with van der Waals surface area (Å²) in [5.74, 6) is -3.75. The lowest BCUT2D eigenvalue weighted by Gasteiger charge is -2.23. The molecule has 1 amide bonds. The number of aliphatic hydroxyl groups is 1. The second-order valence-corrected chi connectivity index (χ2v) is 7.84. The van der Waals surface area contributed by atoms with Crippen molar-refractivity contribution in [3.63, 3.8) is 0 Å². The molecule has 158 valence electrons. The van der Waals surface area contributed by atoms with Gasteiger partial charge < -0.3 is 14.8 Å². The molecule has 1 aliphatic carbocycles. The van der Waals surface area contributed by atoms with Crippen molar-refractivity contribution in [3.05, 3.63) is 59.6 Å². The van der Waals surface area contributed by atoms with Crippen LogP contribution >= 0.6 is 0 Å². The van der Waals surface area contributed by atoms with E-state index in [0.29, 0.717) is 0 Å². The third-order valence-corrected chi connectivity index (χ3v) is 5.08. The van der Waals surface area contributed by atoms with Gasteiger partial charge in [-0.25, -0.2) is 14.4 Å². The number of hydrogen-bond donors (Lipinski definition) is 2. The Morgan fingerprint density at radius 2 is 2.03 bits per heavy atom. The van der Waals surface area contributed by atoms with E-state index < -0.39 is 35.3 Å². The molecule has 3 aromatic rings. The predicted octanol–water partition coefficient (Wildman–Crippen LogP) is 4.01. The maximum absolute atomic E-state index is 14.9. The summed E-state index contributed by atoms with van der Waals surface area (Å²) in [6.45, 7) is 2.73. The number of carbonyl (C=O) groups is 1. The molecular formula is C20H18F4N4O2. The van der Waals surface area contributed by atoms with Crippen molar-refractivity contribution in [2.75, 3.05) is 5.32 Å². The van der Waals surface area contributed by atoms with Crippen LogP contribution in [0.25, 0.3) is 5.65 Å². The van der Waals surface area contributed by atoms with Gasteiger partial charge in [-0.2, -0.15) is 13.2 Å². The number of halogens is 4. The first-order chi connectivity index (χ1) is 14.0. The standard InChI is InChI=1S/C20H18F4N4O2/c1-19(2,30)15-14(9-28-7-6-25-17(28)16(15)21)27-18(29)13-5-3-4-12(26-13)10-8-11(10)20(22,23)24/h3-7,9-11,30H,8H2,1-2H3,(H,27,29). The summed E-state index contributed by atoms with van der Waals surface area (Å²) in [4.78, 5) is 20.7. The molecule has 0 spiro atoms. The van der Waals surface area contributed by atoms with Gasteiger partial charge in [-0.3, -0.25) is 4.79 Å². The summed E-state index contributed by atoms with van der Waals surface area (Å²) < 4.78 is 54.8. The molecule has 10 heteroatoms. The van der Waals surface area contributed by atoms with Gasteiger partial charge >= 0.3 is 6.18 Å². The first kappa shape index (κ1) is 20.3. The van der Waals surface area contributed by atoms with Crippen LogP contribution in [0, 0.1) is 11.7 Å². The van der Waals surface area contributed by atoms with E-state index in [4.69, 9.17) is 0 Å². The molecule has 30 heavy (non-hydrogen) atoms. The molecule has 0 saturated heterocycles. The Bertz CT molecular complexity index is 1130. The molecule has 1 saturated carbocycles. The fourth-order valence-electron chi connectivity index (χ4n) is 3.57. The van der Waals surface area contributed by atoms with Gasteiger partial charge in [0.25, 0.3) is 5.91 Å². The quantitative estimate of drug-likeness (QED) is 0.623. The average Bonchev–Trinajstić information content (AvgIpc) is 3.33. The van der Waals surface area contributed by atoms with Gasteiger partial charge in [0.2, 0.25) is 0 Å². The summed E-state index contributed by atoms with van der Waals surface area (Å²) in [5.41, 5.74) is -1.73. The van der Waals surface area contributed by atoms with E-state index in [2.05, 4.69) is 15.3 Å². The fraction of sp³-hybridized carbons (Fsp3) is 0.350. The highest BCUT2D eigenvalue weighted by Gasteiger charge is 2.56. The van der Waals surface area contributed by atoms with Crippen molar-refractivity contribution >= 4 is 17.2 Å². The van der Waals surface area contributed by atoms with E-state index in [0.717, 1.165) is 0 Å². The molecule has 4 rings (SSSR count). The zero-order valence-corrected chi connectivity index (χ0v) is 16.0. The topological polar surface area (TPSA) is 79.5 Å². The lowest BCUT2D eigenvalue weighted by atomic mass is 9.97. The van der Waals surface area contributed by atoms with E-state index in [1.807, 2.05) is 0 Å². The number of alkyl halides is 3. The molecule has 0 bridgehead atoms. The van der Waals surface area contributed by atoms with Crippen molar-refractivity contribution in [1.82, 2.24) is 14.4 Å². The van der Waals surface area contributed by atoms with E-state index in [-0.39, 0.29) is 34.7 Å². The van der Waals surface area contributed by atoms with Crippen LogP contribution in [0.15, 0.2) is 36.8 Å². The molecule has 1 aliphatic rings. The van der Waals surface area contributed by atoms with Crippen LogP contribution < -0.4 is 5.32 Å². The second-order valence-electron chi connectivity index (χ2n) is 7.84. The van der Waals surface area contributed by atoms with Crippen molar-refractivity contribution in [2.24, 2.45) is 5.92 Å². The number of anilines is 1. The number of aromatic nitrogens is 3. The summed E-state index contributed by atoms with van der Waals surface area (Å²) in [6.07, 6.45) is -0.112. The van der Waals surface area contributed by atoms with Crippen LogP contribution in [-0.4, -0.2) is 31.6 Å². The molecule has 2 N–H and O–H groups in total.